The fourth-order valence-corrected chi connectivity index (χ4v) is 1.66. The van der Waals surface area contributed by atoms with Crippen LogP contribution in [0.1, 0.15) is 18.1 Å². The zero-order chi connectivity index (χ0) is 12.8. The summed E-state index contributed by atoms with van der Waals surface area (Å²) in [7, 11) is 0. The van der Waals surface area contributed by atoms with E-state index in [1.807, 2.05) is 39.0 Å². The van der Waals surface area contributed by atoms with Crippen LogP contribution in [0, 0.1) is 13.8 Å². The summed E-state index contributed by atoms with van der Waals surface area (Å²) in [5, 5.41) is 11.8. The molecule has 4 heteroatoms. The molecule has 0 amide bonds. The van der Waals surface area contributed by atoms with Gasteiger partial charge in [0.2, 0.25) is 0 Å². The van der Waals surface area contributed by atoms with Gasteiger partial charge in [0.1, 0.15) is 18.4 Å². The zero-order valence-corrected chi connectivity index (χ0v) is 10.5. The van der Waals surface area contributed by atoms with Crippen LogP contribution >= 0.6 is 0 Å². The minimum absolute atomic E-state index is 0.134. The number of carboxylic acid groups (broad SMARTS) is 1. The lowest BCUT2D eigenvalue weighted by Gasteiger charge is -2.16. The number of carbonyl (C=O) groups is 1. The van der Waals surface area contributed by atoms with Crippen molar-refractivity contribution in [1.29, 1.82) is 0 Å². The molecule has 0 saturated heterocycles. The third-order valence-electron chi connectivity index (χ3n) is 2.55. The summed E-state index contributed by atoms with van der Waals surface area (Å²) in [6, 6.07) is 5.19. The van der Waals surface area contributed by atoms with Crippen LogP contribution in [0.3, 0.4) is 0 Å². The Labute approximate surface area is 102 Å². The van der Waals surface area contributed by atoms with Gasteiger partial charge in [0.05, 0.1) is 0 Å². The molecule has 0 heterocycles. The van der Waals surface area contributed by atoms with Gasteiger partial charge in [-0.3, -0.25) is 4.79 Å². The Morgan fingerprint density at radius 1 is 1.41 bits per heavy atom. The number of para-hydroxylation sites is 1. The molecule has 0 bridgehead atoms. The number of aliphatic carboxylic acids is 1. The maximum Gasteiger partial charge on any atom is 0.324 e. The Morgan fingerprint density at radius 2 is 2.00 bits per heavy atom. The van der Waals surface area contributed by atoms with E-state index >= 15 is 0 Å². The van der Waals surface area contributed by atoms with Crippen molar-refractivity contribution < 1.29 is 14.6 Å². The second-order valence-electron chi connectivity index (χ2n) is 3.98. The van der Waals surface area contributed by atoms with Crippen molar-refractivity contribution in [1.82, 2.24) is 5.32 Å². The Bertz CT molecular complexity index is 370. The van der Waals surface area contributed by atoms with Gasteiger partial charge in [-0.25, -0.2) is 0 Å². The Hall–Kier alpha value is -1.55. The van der Waals surface area contributed by atoms with E-state index in [9.17, 15) is 4.79 Å². The fourth-order valence-electron chi connectivity index (χ4n) is 1.66. The Morgan fingerprint density at radius 3 is 2.47 bits per heavy atom. The van der Waals surface area contributed by atoms with Gasteiger partial charge in [-0.15, -0.1) is 0 Å². The molecular formula is C13H19NO3. The molecule has 1 aromatic rings. The van der Waals surface area contributed by atoms with Crippen LogP contribution < -0.4 is 10.1 Å². The number of nitrogens with one attached hydrogen (secondary N) is 1. The molecular weight excluding hydrogens is 218 g/mol. The van der Waals surface area contributed by atoms with Gasteiger partial charge in [-0.1, -0.05) is 25.1 Å². The van der Waals surface area contributed by atoms with Crippen molar-refractivity contribution in [3.63, 3.8) is 0 Å². The van der Waals surface area contributed by atoms with Crippen LogP contribution in [-0.2, 0) is 4.79 Å². The molecule has 94 valence electrons. The predicted octanol–water partition coefficient (Wildman–Crippen LogP) is 1.74. The standard InChI is InChI=1S/C13H19NO3/c1-4-14-11(13(15)16)8-17-12-9(2)6-5-7-10(12)3/h5-7,11,14H,4,8H2,1-3H3,(H,15,16). The number of rotatable bonds is 6. The fraction of sp³-hybridized carbons (Fsp3) is 0.462. The molecule has 0 aliphatic carbocycles. The number of likely N-dealkylation sites (N-methyl/N-ethyl adjacent to an activating group) is 1. The van der Waals surface area contributed by atoms with Gasteiger partial charge >= 0.3 is 5.97 Å². The van der Waals surface area contributed by atoms with Gasteiger partial charge in [0.25, 0.3) is 0 Å². The number of hydrogen-bond donors (Lipinski definition) is 2. The lowest BCUT2D eigenvalue weighted by Crippen LogP contribution is -2.41. The number of benzene rings is 1. The van der Waals surface area contributed by atoms with E-state index in [1.165, 1.54) is 0 Å². The first-order valence-electron chi connectivity index (χ1n) is 5.71. The Balaban J connectivity index is 2.68. The second-order valence-corrected chi connectivity index (χ2v) is 3.98. The molecule has 0 aliphatic heterocycles. The molecule has 2 N–H and O–H groups in total. The first kappa shape index (κ1) is 13.5. The summed E-state index contributed by atoms with van der Waals surface area (Å²) in [4.78, 5) is 10.9. The van der Waals surface area contributed by atoms with Gasteiger partial charge in [0, 0.05) is 0 Å². The molecule has 17 heavy (non-hydrogen) atoms. The SMILES string of the molecule is CCNC(COc1c(C)cccc1C)C(=O)O. The summed E-state index contributed by atoms with van der Waals surface area (Å²) in [6.45, 7) is 6.51. The van der Waals surface area contributed by atoms with Crippen LogP contribution in [0.4, 0.5) is 0 Å². The first-order chi connectivity index (χ1) is 8.06. The monoisotopic (exact) mass is 237 g/mol. The molecule has 1 unspecified atom stereocenters. The summed E-state index contributed by atoms with van der Waals surface area (Å²) >= 11 is 0. The smallest absolute Gasteiger partial charge is 0.324 e. The summed E-state index contributed by atoms with van der Waals surface area (Å²) < 4.78 is 5.60. The van der Waals surface area contributed by atoms with Crippen molar-refractivity contribution in [2.45, 2.75) is 26.8 Å². The maximum absolute atomic E-state index is 10.9. The van der Waals surface area contributed by atoms with E-state index in [-0.39, 0.29) is 6.61 Å². The summed E-state index contributed by atoms with van der Waals surface area (Å²) in [5.41, 5.74) is 2.04. The van der Waals surface area contributed by atoms with E-state index < -0.39 is 12.0 Å². The number of ether oxygens (including phenoxy) is 1. The highest BCUT2D eigenvalue weighted by Crippen LogP contribution is 2.22. The van der Waals surface area contributed by atoms with Crippen LogP contribution in [0.2, 0.25) is 0 Å². The van der Waals surface area contributed by atoms with Crippen LogP contribution in [0.15, 0.2) is 18.2 Å². The first-order valence-corrected chi connectivity index (χ1v) is 5.71. The van der Waals surface area contributed by atoms with Crippen molar-refractivity contribution >= 4 is 5.97 Å². The van der Waals surface area contributed by atoms with Gasteiger partial charge in [-0.2, -0.15) is 0 Å². The van der Waals surface area contributed by atoms with Crippen molar-refractivity contribution in [2.75, 3.05) is 13.2 Å². The Kier molecular flexibility index (Phi) is 4.97. The van der Waals surface area contributed by atoms with E-state index in [0.717, 1.165) is 16.9 Å². The van der Waals surface area contributed by atoms with Crippen molar-refractivity contribution in [3.8, 4) is 5.75 Å². The molecule has 0 spiro atoms. The van der Waals surface area contributed by atoms with E-state index in [4.69, 9.17) is 9.84 Å². The zero-order valence-electron chi connectivity index (χ0n) is 10.5. The largest absolute Gasteiger partial charge is 0.491 e. The highest BCUT2D eigenvalue weighted by molar-refractivity contribution is 5.73. The van der Waals surface area contributed by atoms with Crippen LogP contribution in [0.5, 0.6) is 5.75 Å². The topological polar surface area (TPSA) is 58.6 Å². The molecule has 0 radical (unpaired) electrons. The van der Waals surface area contributed by atoms with Gasteiger partial charge in [0.15, 0.2) is 0 Å². The molecule has 1 atom stereocenters. The summed E-state index contributed by atoms with van der Waals surface area (Å²) in [5.74, 6) is -0.116. The molecule has 1 rings (SSSR count). The predicted molar refractivity (Wildman–Crippen MR) is 66.5 cm³/mol. The van der Waals surface area contributed by atoms with Crippen molar-refractivity contribution in [3.05, 3.63) is 29.3 Å². The number of aryl methyl sites for hydroxylation is 2. The molecule has 0 aliphatic rings. The minimum atomic E-state index is -0.891. The molecule has 0 aromatic heterocycles. The van der Waals surface area contributed by atoms with E-state index in [2.05, 4.69) is 5.32 Å². The summed E-state index contributed by atoms with van der Waals surface area (Å²) in [6.07, 6.45) is 0. The quantitative estimate of drug-likeness (QED) is 0.791. The lowest BCUT2D eigenvalue weighted by atomic mass is 10.1. The average Bonchev–Trinajstić information content (AvgIpc) is 2.26. The minimum Gasteiger partial charge on any atom is -0.491 e. The highest BCUT2D eigenvalue weighted by Gasteiger charge is 2.17. The molecule has 0 fully saturated rings. The maximum atomic E-state index is 10.9. The normalized spacial score (nSPS) is 12.2. The number of carboxylic acids is 1. The molecule has 4 nitrogen and oxygen atoms in total. The van der Waals surface area contributed by atoms with E-state index in [1.54, 1.807) is 0 Å². The average molecular weight is 237 g/mol. The van der Waals surface area contributed by atoms with Crippen LogP contribution in [0.25, 0.3) is 0 Å². The lowest BCUT2D eigenvalue weighted by molar-refractivity contribution is -0.140. The second kappa shape index (κ2) is 6.25. The third kappa shape index (κ3) is 3.75. The molecule has 0 saturated carbocycles. The van der Waals surface area contributed by atoms with Crippen molar-refractivity contribution in [2.24, 2.45) is 0 Å². The van der Waals surface area contributed by atoms with Gasteiger partial charge < -0.3 is 15.2 Å². The number of hydrogen-bond acceptors (Lipinski definition) is 3. The van der Waals surface area contributed by atoms with Gasteiger partial charge in [-0.05, 0) is 31.5 Å². The molecule has 1 aromatic carbocycles. The third-order valence-corrected chi connectivity index (χ3v) is 2.55. The van der Waals surface area contributed by atoms with E-state index in [0.29, 0.717) is 6.54 Å². The van der Waals surface area contributed by atoms with Crippen LogP contribution in [-0.4, -0.2) is 30.3 Å². The highest BCUT2D eigenvalue weighted by atomic mass is 16.5.